The summed E-state index contributed by atoms with van der Waals surface area (Å²) in [5, 5.41) is 3.27. The Hall–Kier alpha value is -1.03. The zero-order chi connectivity index (χ0) is 9.97. The SMILES string of the molecule is Cc1coc(NC2CCOC(C)C2)n1. The molecule has 14 heavy (non-hydrogen) atoms. The van der Waals surface area contributed by atoms with Crippen LogP contribution < -0.4 is 5.32 Å². The highest BCUT2D eigenvalue weighted by molar-refractivity contribution is 5.22. The molecule has 78 valence electrons. The molecule has 2 unspecified atom stereocenters. The van der Waals surface area contributed by atoms with E-state index in [1.807, 2.05) is 6.92 Å². The van der Waals surface area contributed by atoms with Crippen LogP contribution in [0.3, 0.4) is 0 Å². The fourth-order valence-corrected chi connectivity index (χ4v) is 1.72. The maximum absolute atomic E-state index is 5.46. The van der Waals surface area contributed by atoms with Crippen LogP contribution in [0, 0.1) is 6.92 Å². The second kappa shape index (κ2) is 4.00. The van der Waals surface area contributed by atoms with Crippen molar-refractivity contribution in [2.24, 2.45) is 0 Å². The van der Waals surface area contributed by atoms with Gasteiger partial charge in [0.05, 0.1) is 11.8 Å². The maximum Gasteiger partial charge on any atom is 0.294 e. The highest BCUT2D eigenvalue weighted by Gasteiger charge is 2.20. The van der Waals surface area contributed by atoms with Crippen molar-refractivity contribution in [3.8, 4) is 0 Å². The normalized spacial score (nSPS) is 27.6. The molecule has 0 amide bonds. The number of oxazole rings is 1. The summed E-state index contributed by atoms with van der Waals surface area (Å²) < 4.78 is 10.7. The van der Waals surface area contributed by atoms with E-state index in [-0.39, 0.29) is 0 Å². The van der Waals surface area contributed by atoms with Crippen molar-refractivity contribution in [3.05, 3.63) is 12.0 Å². The van der Waals surface area contributed by atoms with Gasteiger partial charge < -0.3 is 14.5 Å². The van der Waals surface area contributed by atoms with E-state index in [4.69, 9.17) is 9.15 Å². The van der Waals surface area contributed by atoms with Crippen molar-refractivity contribution in [1.82, 2.24) is 4.98 Å². The Bertz CT molecular complexity index is 298. The number of rotatable bonds is 2. The molecule has 1 aliphatic rings. The minimum Gasteiger partial charge on any atom is -0.432 e. The van der Waals surface area contributed by atoms with Crippen molar-refractivity contribution in [3.63, 3.8) is 0 Å². The monoisotopic (exact) mass is 196 g/mol. The molecule has 0 aromatic carbocycles. The number of hydrogen-bond acceptors (Lipinski definition) is 4. The van der Waals surface area contributed by atoms with E-state index in [0.717, 1.165) is 25.1 Å². The molecule has 0 saturated carbocycles. The van der Waals surface area contributed by atoms with E-state index in [1.165, 1.54) is 0 Å². The second-order valence-corrected chi connectivity index (χ2v) is 3.84. The molecule has 1 N–H and O–H groups in total. The van der Waals surface area contributed by atoms with Gasteiger partial charge in [0.15, 0.2) is 0 Å². The van der Waals surface area contributed by atoms with E-state index in [0.29, 0.717) is 18.2 Å². The molecule has 1 aliphatic heterocycles. The molecule has 1 saturated heterocycles. The predicted molar refractivity (Wildman–Crippen MR) is 53.3 cm³/mol. The minimum atomic E-state index is 0.331. The van der Waals surface area contributed by atoms with Crippen LogP contribution in [-0.4, -0.2) is 23.7 Å². The summed E-state index contributed by atoms with van der Waals surface area (Å²) in [5.41, 5.74) is 0.910. The molecule has 0 bridgehead atoms. The van der Waals surface area contributed by atoms with Crippen LogP contribution in [0.15, 0.2) is 10.7 Å². The van der Waals surface area contributed by atoms with Crippen LogP contribution in [0.4, 0.5) is 6.01 Å². The fraction of sp³-hybridized carbons (Fsp3) is 0.700. The van der Waals surface area contributed by atoms with E-state index in [9.17, 15) is 0 Å². The predicted octanol–water partition coefficient (Wildman–Crippen LogP) is 1.96. The van der Waals surface area contributed by atoms with Crippen molar-refractivity contribution in [1.29, 1.82) is 0 Å². The van der Waals surface area contributed by atoms with Gasteiger partial charge in [-0.05, 0) is 26.7 Å². The smallest absolute Gasteiger partial charge is 0.294 e. The Morgan fingerprint density at radius 3 is 3.07 bits per heavy atom. The molecule has 0 aliphatic carbocycles. The van der Waals surface area contributed by atoms with Gasteiger partial charge in [-0.25, -0.2) is 0 Å². The van der Waals surface area contributed by atoms with Crippen LogP contribution in [-0.2, 0) is 4.74 Å². The third kappa shape index (κ3) is 2.26. The number of aryl methyl sites for hydroxylation is 1. The van der Waals surface area contributed by atoms with E-state index < -0.39 is 0 Å². The molecule has 1 aromatic rings. The van der Waals surface area contributed by atoms with Gasteiger partial charge in [-0.3, -0.25) is 0 Å². The lowest BCUT2D eigenvalue weighted by Crippen LogP contribution is -2.32. The third-order valence-corrected chi connectivity index (χ3v) is 2.43. The number of ether oxygens (including phenoxy) is 1. The van der Waals surface area contributed by atoms with E-state index in [2.05, 4.69) is 17.2 Å². The first-order valence-electron chi connectivity index (χ1n) is 5.04. The molecule has 1 aromatic heterocycles. The van der Waals surface area contributed by atoms with Gasteiger partial charge >= 0.3 is 0 Å². The topological polar surface area (TPSA) is 47.3 Å². The number of nitrogens with one attached hydrogen (secondary N) is 1. The van der Waals surface area contributed by atoms with Gasteiger partial charge in [0, 0.05) is 12.6 Å². The molecule has 4 nitrogen and oxygen atoms in total. The summed E-state index contributed by atoms with van der Waals surface area (Å²) in [6, 6.07) is 1.05. The molecule has 4 heteroatoms. The summed E-state index contributed by atoms with van der Waals surface area (Å²) in [4.78, 5) is 4.21. The van der Waals surface area contributed by atoms with E-state index in [1.54, 1.807) is 6.26 Å². The van der Waals surface area contributed by atoms with Crippen molar-refractivity contribution in [2.45, 2.75) is 38.8 Å². The van der Waals surface area contributed by atoms with Crippen LogP contribution in [0.2, 0.25) is 0 Å². The van der Waals surface area contributed by atoms with Gasteiger partial charge in [-0.15, -0.1) is 0 Å². The number of anilines is 1. The van der Waals surface area contributed by atoms with Gasteiger partial charge in [0.1, 0.15) is 6.26 Å². The average Bonchev–Trinajstić information content (AvgIpc) is 2.51. The lowest BCUT2D eigenvalue weighted by atomic mass is 10.1. The lowest BCUT2D eigenvalue weighted by molar-refractivity contribution is 0.0229. The van der Waals surface area contributed by atoms with Crippen LogP contribution in [0.1, 0.15) is 25.5 Å². The number of aromatic nitrogens is 1. The van der Waals surface area contributed by atoms with Gasteiger partial charge in [-0.2, -0.15) is 4.98 Å². The van der Waals surface area contributed by atoms with Crippen LogP contribution in [0.25, 0.3) is 0 Å². The average molecular weight is 196 g/mol. The van der Waals surface area contributed by atoms with E-state index >= 15 is 0 Å². The molecule has 2 heterocycles. The first-order chi connectivity index (χ1) is 6.74. The molecular weight excluding hydrogens is 180 g/mol. The van der Waals surface area contributed by atoms with Crippen molar-refractivity contribution in [2.75, 3.05) is 11.9 Å². The lowest BCUT2D eigenvalue weighted by Gasteiger charge is -2.27. The Morgan fingerprint density at radius 2 is 2.43 bits per heavy atom. The summed E-state index contributed by atoms with van der Waals surface area (Å²) in [5.74, 6) is 0. The van der Waals surface area contributed by atoms with Gasteiger partial charge in [0.25, 0.3) is 6.01 Å². The van der Waals surface area contributed by atoms with Gasteiger partial charge in [0.2, 0.25) is 0 Å². The zero-order valence-electron chi connectivity index (χ0n) is 8.62. The Kier molecular flexibility index (Phi) is 2.72. The summed E-state index contributed by atoms with van der Waals surface area (Å²) in [6.07, 6.45) is 4.02. The number of nitrogens with zero attached hydrogens (tertiary/aromatic N) is 1. The highest BCUT2D eigenvalue weighted by Crippen LogP contribution is 2.17. The maximum atomic E-state index is 5.46. The summed E-state index contributed by atoms with van der Waals surface area (Å²) in [7, 11) is 0. The first kappa shape index (κ1) is 9.52. The molecule has 2 atom stereocenters. The molecule has 0 radical (unpaired) electrons. The summed E-state index contributed by atoms with van der Waals surface area (Å²) in [6.45, 7) is 4.83. The van der Waals surface area contributed by atoms with Crippen molar-refractivity contribution >= 4 is 6.01 Å². The Morgan fingerprint density at radius 1 is 1.57 bits per heavy atom. The summed E-state index contributed by atoms with van der Waals surface area (Å²) >= 11 is 0. The first-order valence-corrected chi connectivity index (χ1v) is 5.04. The molecular formula is C10H16N2O2. The number of hydrogen-bond donors (Lipinski definition) is 1. The molecule has 0 spiro atoms. The Labute approximate surface area is 83.7 Å². The second-order valence-electron chi connectivity index (χ2n) is 3.84. The Balaban J connectivity index is 1.90. The highest BCUT2D eigenvalue weighted by atomic mass is 16.5. The van der Waals surface area contributed by atoms with Crippen LogP contribution >= 0.6 is 0 Å². The third-order valence-electron chi connectivity index (χ3n) is 2.43. The van der Waals surface area contributed by atoms with Crippen molar-refractivity contribution < 1.29 is 9.15 Å². The van der Waals surface area contributed by atoms with Crippen LogP contribution in [0.5, 0.6) is 0 Å². The minimum absolute atomic E-state index is 0.331. The zero-order valence-corrected chi connectivity index (χ0v) is 8.62. The fourth-order valence-electron chi connectivity index (χ4n) is 1.72. The van der Waals surface area contributed by atoms with Gasteiger partial charge in [-0.1, -0.05) is 0 Å². The standard InChI is InChI=1S/C10H16N2O2/c1-7-6-14-10(11-7)12-9-3-4-13-8(2)5-9/h6,8-9H,3-5H2,1-2H3,(H,11,12). The molecule has 2 rings (SSSR count). The largest absolute Gasteiger partial charge is 0.432 e. The quantitative estimate of drug-likeness (QED) is 0.785. The molecule has 1 fully saturated rings.